The third-order valence-corrected chi connectivity index (χ3v) is 2.79. The van der Waals surface area contributed by atoms with E-state index in [1.165, 1.54) is 0 Å². The summed E-state index contributed by atoms with van der Waals surface area (Å²) in [5, 5.41) is 2.94. The monoisotopic (exact) mass is 254 g/mol. The van der Waals surface area contributed by atoms with Crippen LogP contribution in [-0.4, -0.2) is 26.0 Å². The van der Waals surface area contributed by atoms with E-state index in [2.05, 4.69) is 10.3 Å². The van der Waals surface area contributed by atoms with Crippen LogP contribution in [0.5, 0.6) is 0 Å². The molecule has 0 aliphatic heterocycles. The molecule has 0 aliphatic carbocycles. The van der Waals surface area contributed by atoms with Crippen molar-refractivity contribution in [2.75, 3.05) is 0 Å². The van der Waals surface area contributed by atoms with Crippen molar-refractivity contribution < 1.29 is 4.79 Å². The topological polar surface area (TPSA) is 72.9 Å². The van der Waals surface area contributed by atoms with E-state index in [-0.39, 0.29) is 23.0 Å². The van der Waals surface area contributed by atoms with Crippen molar-refractivity contribution in [3.05, 3.63) is 18.2 Å². The molecule has 0 atom stereocenters. The smallest absolute Gasteiger partial charge is 0.240 e. The highest BCUT2D eigenvalue weighted by atomic mass is 32.1. The minimum absolute atomic E-state index is 0.0765. The Bertz CT molecular complexity index is 425. The first-order valence-corrected chi connectivity index (χ1v) is 5.88. The molecule has 0 spiro atoms. The van der Waals surface area contributed by atoms with Gasteiger partial charge in [-0.2, -0.15) is 0 Å². The number of amides is 1. The van der Waals surface area contributed by atoms with Gasteiger partial charge in [-0.1, -0.05) is 19.1 Å². The zero-order valence-electron chi connectivity index (χ0n) is 10.4. The van der Waals surface area contributed by atoms with Crippen LogP contribution in [0.25, 0.3) is 0 Å². The average Bonchev–Trinajstić information content (AvgIpc) is 2.65. The summed E-state index contributed by atoms with van der Waals surface area (Å²) in [6.07, 6.45) is 4.13. The predicted octanol–water partition coefficient (Wildman–Crippen LogP) is 0.822. The van der Waals surface area contributed by atoms with Crippen LogP contribution >= 0.6 is 12.2 Å². The Balaban J connectivity index is 2.69. The highest BCUT2D eigenvalue weighted by Gasteiger charge is 2.18. The number of hydrogen-bond donors (Lipinski definition) is 2. The van der Waals surface area contributed by atoms with Crippen LogP contribution in [0, 0.1) is 0 Å². The van der Waals surface area contributed by atoms with E-state index >= 15 is 0 Å². The number of nitrogens with two attached hydrogens (primary N) is 1. The Kier molecular flexibility index (Phi) is 4.22. The lowest BCUT2D eigenvalue weighted by Gasteiger charge is -2.24. The van der Waals surface area contributed by atoms with Crippen molar-refractivity contribution in [3.63, 3.8) is 0 Å². The van der Waals surface area contributed by atoms with E-state index in [0.29, 0.717) is 5.82 Å². The molecule has 1 rings (SSSR count). The van der Waals surface area contributed by atoms with Gasteiger partial charge in [0.2, 0.25) is 5.91 Å². The molecule has 17 heavy (non-hydrogen) atoms. The molecule has 0 aromatic carbocycles. The van der Waals surface area contributed by atoms with Crippen LogP contribution in [0.2, 0.25) is 0 Å². The molecule has 0 aliphatic rings. The first-order valence-electron chi connectivity index (χ1n) is 5.47. The maximum Gasteiger partial charge on any atom is 0.240 e. The second-order valence-electron chi connectivity index (χ2n) is 4.53. The Labute approximate surface area is 106 Å². The molecular weight excluding hydrogens is 236 g/mol. The standard InChI is InChI=1S/C11H18N4OS/c1-4-11(2,3)14-8(16)7-15-6-5-13-10(15)9(12)17/h5-6H,4,7H2,1-3H3,(H2,12,17)(H,14,16). The fraction of sp³-hybridized carbons (Fsp3) is 0.545. The fourth-order valence-corrected chi connectivity index (χ4v) is 1.49. The number of rotatable bonds is 5. The lowest BCUT2D eigenvalue weighted by molar-refractivity contribution is -0.123. The van der Waals surface area contributed by atoms with Gasteiger partial charge in [-0.25, -0.2) is 4.98 Å². The van der Waals surface area contributed by atoms with E-state index in [4.69, 9.17) is 18.0 Å². The van der Waals surface area contributed by atoms with Crippen LogP contribution in [0.1, 0.15) is 33.0 Å². The second kappa shape index (κ2) is 5.27. The maximum absolute atomic E-state index is 11.8. The Morgan fingerprint density at radius 1 is 1.65 bits per heavy atom. The van der Waals surface area contributed by atoms with Gasteiger partial charge in [0.05, 0.1) is 0 Å². The van der Waals surface area contributed by atoms with Crippen LogP contribution in [0.15, 0.2) is 12.4 Å². The Morgan fingerprint density at radius 3 is 2.82 bits per heavy atom. The summed E-state index contributed by atoms with van der Waals surface area (Å²) in [4.78, 5) is 16.0. The normalized spacial score (nSPS) is 11.2. The summed E-state index contributed by atoms with van der Waals surface area (Å²) in [5.74, 6) is 0.386. The Morgan fingerprint density at radius 2 is 2.29 bits per heavy atom. The molecule has 0 saturated heterocycles. The summed E-state index contributed by atoms with van der Waals surface area (Å²) in [6.45, 7) is 6.16. The van der Waals surface area contributed by atoms with Gasteiger partial charge in [0.1, 0.15) is 11.5 Å². The van der Waals surface area contributed by atoms with Crippen LogP contribution < -0.4 is 11.1 Å². The molecule has 94 valence electrons. The molecule has 1 amide bonds. The fourth-order valence-electron chi connectivity index (χ4n) is 1.32. The van der Waals surface area contributed by atoms with Gasteiger partial charge in [-0.15, -0.1) is 0 Å². The molecule has 0 fully saturated rings. The largest absolute Gasteiger partial charge is 0.387 e. The zero-order chi connectivity index (χ0) is 13.1. The molecule has 1 aromatic rings. The molecule has 5 nitrogen and oxygen atoms in total. The predicted molar refractivity (Wildman–Crippen MR) is 70.6 cm³/mol. The van der Waals surface area contributed by atoms with Crippen LogP contribution in [0.3, 0.4) is 0 Å². The lowest BCUT2D eigenvalue weighted by atomic mass is 10.0. The quantitative estimate of drug-likeness (QED) is 0.763. The van der Waals surface area contributed by atoms with E-state index < -0.39 is 0 Å². The summed E-state index contributed by atoms with van der Waals surface area (Å²) in [6, 6.07) is 0. The molecule has 0 saturated carbocycles. The number of carbonyl (C=O) groups excluding carboxylic acids is 1. The summed E-state index contributed by atoms with van der Waals surface area (Å²) >= 11 is 4.85. The van der Waals surface area contributed by atoms with Gasteiger partial charge >= 0.3 is 0 Å². The highest BCUT2D eigenvalue weighted by Crippen LogP contribution is 2.07. The number of nitrogens with one attached hydrogen (secondary N) is 1. The van der Waals surface area contributed by atoms with Crippen molar-refractivity contribution in [2.45, 2.75) is 39.3 Å². The van der Waals surface area contributed by atoms with E-state index in [1.807, 2.05) is 20.8 Å². The molecule has 3 N–H and O–H groups in total. The Hall–Kier alpha value is -1.43. The summed E-state index contributed by atoms with van der Waals surface area (Å²) < 4.78 is 1.64. The van der Waals surface area contributed by atoms with Gasteiger partial charge in [0.25, 0.3) is 0 Å². The number of aromatic nitrogens is 2. The molecule has 1 heterocycles. The molecule has 1 aromatic heterocycles. The summed E-state index contributed by atoms with van der Waals surface area (Å²) in [5.41, 5.74) is 5.30. The first-order chi connectivity index (χ1) is 7.85. The average molecular weight is 254 g/mol. The second-order valence-corrected chi connectivity index (χ2v) is 4.97. The van der Waals surface area contributed by atoms with Crippen molar-refractivity contribution >= 4 is 23.1 Å². The number of imidazole rings is 1. The van der Waals surface area contributed by atoms with Gasteiger partial charge in [-0.05, 0) is 20.3 Å². The van der Waals surface area contributed by atoms with Crippen molar-refractivity contribution in [3.8, 4) is 0 Å². The number of hydrogen-bond acceptors (Lipinski definition) is 3. The van der Waals surface area contributed by atoms with Crippen molar-refractivity contribution in [1.29, 1.82) is 0 Å². The van der Waals surface area contributed by atoms with Crippen LogP contribution in [-0.2, 0) is 11.3 Å². The van der Waals surface area contributed by atoms with Crippen molar-refractivity contribution in [1.82, 2.24) is 14.9 Å². The molecule has 6 heteroatoms. The maximum atomic E-state index is 11.8. The molecule has 0 radical (unpaired) electrons. The molecule has 0 bridgehead atoms. The van der Waals surface area contributed by atoms with Gasteiger partial charge in [-0.3, -0.25) is 4.79 Å². The van der Waals surface area contributed by atoms with Gasteiger partial charge < -0.3 is 15.6 Å². The molecule has 0 unspecified atom stereocenters. The van der Waals surface area contributed by atoms with Crippen LogP contribution in [0.4, 0.5) is 0 Å². The van der Waals surface area contributed by atoms with E-state index in [9.17, 15) is 4.79 Å². The zero-order valence-corrected chi connectivity index (χ0v) is 11.2. The SMILES string of the molecule is CCC(C)(C)NC(=O)Cn1ccnc1C(N)=S. The van der Waals surface area contributed by atoms with Gasteiger partial charge in [0.15, 0.2) is 5.82 Å². The minimum atomic E-state index is -0.207. The number of thiocarbonyl (C=S) groups is 1. The highest BCUT2D eigenvalue weighted by molar-refractivity contribution is 7.80. The summed E-state index contributed by atoms with van der Waals surface area (Å²) in [7, 11) is 0. The number of nitrogens with zero attached hydrogens (tertiary/aromatic N) is 2. The minimum Gasteiger partial charge on any atom is -0.387 e. The lowest BCUT2D eigenvalue weighted by Crippen LogP contribution is -2.44. The third-order valence-electron chi connectivity index (χ3n) is 2.61. The van der Waals surface area contributed by atoms with Gasteiger partial charge in [0, 0.05) is 17.9 Å². The van der Waals surface area contributed by atoms with Crippen molar-refractivity contribution in [2.24, 2.45) is 5.73 Å². The number of carbonyl (C=O) groups is 1. The van der Waals surface area contributed by atoms with E-state index in [1.54, 1.807) is 17.0 Å². The molecular formula is C11H18N4OS. The van der Waals surface area contributed by atoms with E-state index in [0.717, 1.165) is 6.42 Å². The first kappa shape index (κ1) is 13.6. The third kappa shape index (κ3) is 3.81.